The molecule has 2 aromatic carbocycles. The van der Waals surface area contributed by atoms with Gasteiger partial charge in [-0.2, -0.15) is 0 Å². The second kappa shape index (κ2) is 7.92. The molecule has 0 radical (unpaired) electrons. The molecule has 0 aliphatic rings. The number of rotatable bonds is 6. The molecule has 0 bridgehead atoms. The lowest BCUT2D eigenvalue weighted by atomic mass is 10.2. The van der Waals surface area contributed by atoms with Crippen molar-refractivity contribution in [1.29, 1.82) is 0 Å². The topological polar surface area (TPSA) is 94.6 Å². The molecule has 3 aromatic rings. The zero-order valence-electron chi connectivity index (χ0n) is 14.3. The number of para-hydroxylation sites is 1. The van der Waals surface area contributed by atoms with Gasteiger partial charge in [0.1, 0.15) is 18.1 Å². The Bertz CT molecular complexity index is 999. The van der Waals surface area contributed by atoms with Gasteiger partial charge in [-0.05, 0) is 36.8 Å². The number of non-ortho nitro benzene ring substituents is 1. The number of anilines is 1. The van der Waals surface area contributed by atoms with Crippen LogP contribution in [-0.2, 0) is 6.61 Å². The summed E-state index contributed by atoms with van der Waals surface area (Å²) in [5, 5.41) is 13.5. The van der Waals surface area contributed by atoms with Crippen LogP contribution < -0.4 is 10.1 Å². The molecule has 0 spiro atoms. The van der Waals surface area contributed by atoms with E-state index in [4.69, 9.17) is 20.8 Å². The standard InChI is InChI=1S/C19H15ClN2O5/c1-12-4-2-3-5-17(12)26-11-14-7-9-18(27-14)19(23)21-16-10-13(22(24)25)6-8-15(16)20/h2-10H,11H2,1H3,(H,21,23). The number of aryl methyl sites for hydroxylation is 1. The van der Waals surface area contributed by atoms with Gasteiger partial charge in [0, 0.05) is 12.1 Å². The fraction of sp³-hybridized carbons (Fsp3) is 0.105. The van der Waals surface area contributed by atoms with Gasteiger partial charge in [0.25, 0.3) is 11.6 Å². The number of nitro groups is 1. The first kappa shape index (κ1) is 18.5. The Labute approximate surface area is 159 Å². The minimum atomic E-state index is -0.570. The van der Waals surface area contributed by atoms with Crippen LogP contribution in [0.2, 0.25) is 5.02 Å². The normalized spacial score (nSPS) is 10.4. The second-order valence-electron chi connectivity index (χ2n) is 5.70. The Balaban J connectivity index is 1.67. The molecule has 8 heteroatoms. The molecule has 0 atom stereocenters. The van der Waals surface area contributed by atoms with Gasteiger partial charge in [-0.1, -0.05) is 29.8 Å². The molecule has 1 amide bonds. The molecule has 27 heavy (non-hydrogen) atoms. The summed E-state index contributed by atoms with van der Waals surface area (Å²) in [5.74, 6) is 0.664. The highest BCUT2D eigenvalue weighted by molar-refractivity contribution is 6.34. The van der Waals surface area contributed by atoms with Crippen molar-refractivity contribution >= 4 is 28.9 Å². The molecule has 0 aliphatic carbocycles. The first-order valence-electron chi connectivity index (χ1n) is 7.96. The van der Waals surface area contributed by atoms with E-state index in [2.05, 4.69) is 5.32 Å². The average Bonchev–Trinajstić information content (AvgIpc) is 3.12. The first-order chi connectivity index (χ1) is 12.9. The fourth-order valence-electron chi connectivity index (χ4n) is 2.35. The van der Waals surface area contributed by atoms with Crippen molar-refractivity contribution in [3.63, 3.8) is 0 Å². The Morgan fingerprint density at radius 3 is 2.74 bits per heavy atom. The van der Waals surface area contributed by atoms with E-state index in [1.165, 1.54) is 24.3 Å². The number of carbonyl (C=O) groups excluding carboxylic acids is 1. The monoisotopic (exact) mass is 386 g/mol. The van der Waals surface area contributed by atoms with Crippen LogP contribution in [0.25, 0.3) is 0 Å². The summed E-state index contributed by atoms with van der Waals surface area (Å²) in [6.07, 6.45) is 0. The number of benzene rings is 2. The van der Waals surface area contributed by atoms with Crippen molar-refractivity contribution in [2.45, 2.75) is 13.5 Å². The van der Waals surface area contributed by atoms with Crippen LogP contribution in [-0.4, -0.2) is 10.8 Å². The number of halogens is 1. The summed E-state index contributed by atoms with van der Waals surface area (Å²) in [5.41, 5.74) is 0.939. The molecule has 1 N–H and O–H groups in total. The van der Waals surface area contributed by atoms with Crippen LogP contribution in [0.1, 0.15) is 21.9 Å². The minimum Gasteiger partial charge on any atom is -0.485 e. The number of carbonyl (C=O) groups is 1. The van der Waals surface area contributed by atoms with Gasteiger partial charge in [0.2, 0.25) is 0 Å². The van der Waals surface area contributed by atoms with Crippen LogP contribution in [0.5, 0.6) is 5.75 Å². The van der Waals surface area contributed by atoms with Crippen molar-refractivity contribution in [2.24, 2.45) is 0 Å². The molecule has 0 unspecified atom stereocenters. The lowest BCUT2D eigenvalue weighted by molar-refractivity contribution is -0.384. The third-order valence-corrected chi connectivity index (χ3v) is 4.09. The molecule has 3 rings (SSSR count). The molecular weight excluding hydrogens is 372 g/mol. The smallest absolute Gasteiger partial charge is 0.291 e. The third kappa shape index (κ3) is 4.45. The van der Waals surface area contributed by atoms with E-state index in [-0.39, 0.29) is 28.8 Å². The van der Waals surface area contributed by atoms with Crippen LogP contribution in [0.4, 0.5) is 11.4 Å². The maximum atomic E-state index is 12.3. The maximum absolute atomic E-state index is 12.3. The molecule has 138 valence electrons. The Kier molecular flexibility index (Phi) is 5.42. The molecule has 0 aliphatic heterocycles. The van der Waals surface area contributed by atoms with Gasteiger partial charge >= 0.3 is 0 Å². The summed E-state index contributed by atoms with van der Waals surface area (Å²) in [4.78, 5) is 22.6. The van der Waals surface area contributed by atoms with Gasteiger partial charge in [-0.3, -0.25) is 14.9 Å². The van der Waals surface area contributed by atoms with Gasteiger partial charge in [0.05, 0.1) is 15.6 Å². The zero-order valence-corrected chi connectivity index (χ0v) is 15.0. The number of ether oxygens (including phenoxy) is 1. The molecule has 0 saturated heterocycles. The lowest BCUT2D eigenvalue weighted by Crippen LogP contribution is -2.11. The Morgan fingerprint density at radius 2 is 2.00 bits per heavy atom. The SMILES string of the molecule is Cc1ccccc1OCc1ccc(C(=O)Nc2cc([N+](=O)[O-])ccc2Cl)o1. The highest BCUT2D eigenvalue weighted by Crippen LogP contribution is 2.27. The number of nitro benzene ring substituents is 1. The molecule has 0 fully saturated rings. The number of furan rings is 1. The Hall–Kier alpha value is -3.32. The molecule has 7 nitrogen and oxygen atoms in total. The van der Waals surface area contributed by atoms with E-state index in [0.29, 0.717) is 5.76 Å². The van der Waals surface area contributed by atoms with E-state index in [9.17, 15) is 14.9 Å². The molecular formula is C19H15ClN2O5. The summed E-state index contributed by atoms with van der Waals surface area (Å²) >= 11 is 5.98. The second-order valence-corrected chi connectivity index (χ2v) is 6.10. The highest BCUT2D eigenvalue weighted by atomic mass is 35.5. The van der Waals surface area contributed by atoms with Gasteiger partial charge < -0.3 is 14.5 Å². The van der Waals surface area contributed by atoms with Crippen LogP contribution in [0, 0.1) is 17.0 Å². The van der Waals surface area contributed by atoms with Crippen molar-refractivity contribution < 1.29 is 18.9 Å². The van der Waals surface area contributed by atoms with E-state index in [0.717, 1.165) is 11.3 Å². The molecule has 1 aromatic heterocycles. The fourth-order valence-corrected chi connectivity index (χ4v) is 2.52. The first-order valence-corrected chi connectivity index (χ1v) is 8.34. The van der Waals surface area contributed by atoms with E-state index < -0.39 is 10.8 Å². The van der Waals surface area contributed by atoms with Crippen LogP contribution in [0.15, 0.2) is 59.0 Å². The third-order valence-electron chi connectivity index (χ3n) is 3.76. The molecule has 1 heterocycles. The zero-order chi connectivity index (χ0) is 19.4. The van der Waals surface area contributed by atoms with E-state index in [1.54, 1.807) is 6.07 Å². The summed E-state index contributed by atoms with van der Waals surface area (Å²) in [6, 6.07) is 14.5. The molecule has 0 saturated carbocycles. The lowest BCUT2D eigenvalue weighted by Gasteiger charge is -2.07. The number of hydrogen-bond donors (Lipinski definition) is 1. The van der Waals surface area contributed by atoms with Crippen molar-refractivity contribution in [2.75, 3.05) is 5.32 Å². The van der Waals surface area contributed by atoms with Gasteiger partial charge in [-0.25, -0.2) is 0 Å². The summed E-state index contributed by atoms with van der Waals surface area (Å²) < 4.78 is 11.2. The van der Waals surface area contributed by atoms with Gasteiger partial charge in [-0.15, -0.1) is 0 Å². The predicted octanol–water partition coefficient (Wildman–Crippen LogP) is 4.98. The quantitative estimate of drug-likeness (QED) is 0.476. The number of amides is 1. The number of hydrogen-bond acceptors (Lipinski definition) is 5. The Morgan fingerprint density at radius 1 is 1.22 bits per heavy atom. The van der Waals surface area contributed by atoms with Crippen molar-refractivity contribution in [3.8, 4) is 5.75 Å². The highest BCUT2D eigenvalue weighted by Gasteiger charge is 2.16. The van der Waals surface area contributed by atoms with Crippen molar-refractivity contribution in [3.05, 3.63) is 86.8 Å². The largest absolute Gasteiger partial charge is 0.485 e. The van der Waals surface area contributed by atoms with E-state index >= 15 is 0 Å². The van der Waals surface area contributed by atoms with Gasteiger partial charge in [0.15, 0.2) is 5.76 Å². The van der Waals surface area contributed by atoms with Crippen LogP contribution >= 0.6 is 11.6 Å². The average molecular weight is 387 g/mol. The minimum absolute atomic E-state index is 0.0426. The van der Waals surface area contributed by atoms with Crippen molar-refractivity contribution in [1.82, 2.24) is 0 Å². The summed E-state index contributed by atoms with van der Waals surface area (Å²) in [7, 11) is 0. The number of nitrogens with one attached hydrogen (secondary N) is 1. The number of nitrogens with zero attached hydrogens (tertiary/aromatic N) is 1. The maximum Gasteiger partial charge on any atom is 0.291 e. The van der Waals surface area contributed by atoms with E-state index in [1.807, 2.05) is 31.2 Å². The predicted molar refractivity (Wildman–Crippen MR) is 100 cm³/mol. The summed E-state index contributed by atoms with van der Waals surface area (Å²) in [6.45, 7) is 2.09. The van der Waals surface area contributed by atoms with Crippen LogP contribution in [0.3, 0.4) is 0 Å².